The molecule has 0 radical (unpaired) electrons. The zero-order valence-electron chi connectivity index (χ0n) is 11.2. The van der Waals surface area contributed by atoms with Gasteiger partial charge in [0.25, 0.3) is 5.56 Å². The van der Waals surface area contributed by atoms with Crippen LogP contribution in [-0.4, -0.2) is 21.4 Å². The van der Waals surface area contributed by atoms with Gasteiger partial charge in [0, 0.05) is 19.5 Å². The maximum Gasteiger partial charge on any atom is 0.449 e. The number of hydrogen-bond donors (Lipinski definition) is 1. The van der Waals surface area contributed by atoms with Crippen molar-refractivity contribution < 1.29 is 17.6 Å². The second-order valence-corrected chi connectivity index (χ2v) is 5.95. The Balaban J connectivity index is 1.83. The predicted octanol–water partition coefficient (Wildman–Crippen LogP) is 2.70. The molecule has 0 aliphatic carbocycles. The Morgan fingerprint density at radius 3 is 2.86 bits per heavy atom. The Morgan fingerprint density at radius 1 is 1.45 bits per heavy atom. The number of aromatic nitrogens is 2. The van der Waals surface area contributed by atoms with Crippen molar-refractivity contribution in [3.05, 3.63) is 50.0 Å². The van der Waals surface area contributed by atoms with Crippen LogP contribution in [0.25, 0.3) is 0 Å². The van der Waals surface area contributed by atoms with Crippen LogP contribution in [0, 0.1) is 0 Å². The number of nitrogens with zero attached hydrogens (tertiary/aromatic N) is 2. The molecule has 0 saturated carbocycles. The van der Waals surface area contributed by atoms with Crippen molar-refractivity contribution >= 4 is 15.9 Å². The minimum Gasteiger partial charge on any atom is -0.467 e. The van der Waals surface area contributed by atoms with E-state index in [4.69, 9.17) is 4.42 Å². The number of H-pyrrole nitrogens is 1. The van der Waals surface area contributed by atoms with E-state index in [-0.39, 0.29) is 17.8 Å². The number of halogens is 4. The van der Waals surface area contributed by atoms with Crippen LogP contribution in [0.5, 0.6) is 0 Å². The number of nitrogens with one attached hydrogen (secondary N) is 1. The molecule has 0 spiro atoms. The summed E-state index contributed by atoms with van der Waals surface area (Å²) in [7, 11) is 0. The van der Waals surface area contributed by atoms with Crippen molar-refractivity contribution in [2.75, 3.05) is 6.54 Å². The molecule has 2 aromatic heterocycles. The van der Waals surface area contributed by atoms with Crippen molar-refractivity contribution in [1.29, 1.82) is 0 Å². The van der Waals surface area contributed by atoms with E-state index in [1.807, 2.05) is 16.0 Å². The molecular weight excluding hydrogens is 367 g/mol. The van der Waals surface area contributed by atoms with Crippen LogP contribution in [0.3, 0.4) is 0 Å². The Morgan fingerprint density at radius 2 is 2.23 bits per heavy atom. The van der Waals surface area contributed by atoms with Crippen LogP contribution in [0.2, 0.25) is 0 Å². The molecule has 0 fully saturated rings. The van der Waals surface area contributed by atoms with E-state index < -0.39 is 17.6 Å². The van der Waals surface area contributed by atoms with Crippen molar-refractivity contribution in [2.45, 2.75) is 25.7 Å². The zero-order valence-corrected chi connectivity index (χ0v) is 12.8. The molecule has 0 amide bonds. The summed E-state index contributed by atoms with van der Waals surface area (Å²) in [5.74, 6) is -0.522. The lowest BCUT2D eigenvalue weighted by Gasteiger charge is -2.26. The van der Waals surface area contributed by atoms with Crippen LogP contribution < -0.4 is 5.56 Å². The summed E-state index contributed by atoms with van der Waals surface area (Å²) in [6.07, 6.45) is -2.80. The molecular formula is C13H11BrF3N3O2. The lowest BCUT2D eigenvalue weighted by Crippen LogP contribution is -2.36. The maximum absolute atomic E-state index is 12.6. The fourth-order valence-corrected chi connectivity index (χ4v) is 2.76. The quantitative estimate of drug-likeness (QED) is 0.873. The molecule has 0 saturated heterocycles. The van der Waals surface area contributed by atoms with E-state index in [1.165, 1.54) is 0 Å². The molecule has 1 N–H and O–H groups in total. The minimum atomic E-state index is -4.65. The van der Waals surface area contributed by atoms with Crippen LogP contribution in [0.4, 0.5) is 13.2 Å². The van der Waals surface area contributed by atoms with Crippen LogP contribution in [0.15, 0.2) is 26.0 Å². The van der Waals surface area contributed by atoms with Gasteiger partial charge < -0.3 is 9.40 Å². The van der Waals surface area contributed by atoms with Gasteiger partial charge in [-0.1, -0.05) is 0 Å². The van der Waals surface area contributed by atoms with Gasteiger partial charge in [0.1, 0.15) is 12.0 Å². The summed E-state index contributed by atoms with van der Waals surface area (Å²) in [4.78, 5) is 19.2. The lowest BCUT2D eigenvalue weighted by atomic mass is 10.1. The van der Waals surface area contributed by atoms with Gasteiger partial charge in [0.05, 0.1) is 22.3 Å². The van der Waals surface area contributed by atoms with E-state index in [9.17, 15) is 18.0 Å². The van der Waals surface area contributed by atoms with Gasteiger partial charge in [0.2, 0.25) is 5.82 Å². The second kappa shape index (κ2) is 5.54. The highest BCUT2D eigenvalue weighted by Gasteiger charge is 2.35. The third kappa shape index (κ3) is 3.09. The summed E-state index contributed by atoms with van der Waals surface area (Å²) in [5, 5.41) is 0. The van der Waals surface area contributed by atoms with Gasteiger partial charge in [-0.05, 0) is 22.0 Å². The highest BCUT2D eigenvalue weighted by atomic mass is 79.9. The summed E-state index contributed by atoms with van der Waals surface area (Å²) >= 11 is 3.28. The topological polar surface area (TPSA) is 62.1 Å². The molecule has 1 aliphatic heterocycles. The fraction of sp³-hybridized carbons (Fsp3) is 0.385. The average Bonchev–Trinajstić information content (AvgIpc) is 2.83. The first-order valence-electron chi connectivity index (χ1n) is 6.47. The highest BCUT2D eigenvalue weighted by molar-refractivity contribution is 9.10. The first-order chi connectivity index (χ1) is 10.3. The minimum absolute atomic E-state index is 0.216. The maximum atomic E-state index is 12.6. The van der Waals surface area contributed by atoms with E-state index in [0.717, 1.165) is 4.47 Å². The fourth-order valence-electron chi connectivity index (χ4n) is 2.41. The number of furan rings is 1. The smallest absolute Gasteiger partial charge is 0.449 e. The molecule has 9 heteroatoms. The number of aromatic amines is 1. The first kappa shape index (κ1) is 15.3. The number of alkyl halides is 3. The van der Waals surface area contributed by atoms with E-state index in [2.05, 4.69) is 20.9 Å². The lowest BCUT2D eigenvalue weighted by molar-refractivity contribution is -0.145. The van der Waals surface area contributed by atoms with Crippen LogP contribution in [0.1, 0.15) is 22.8 Å². The molecule has 3 rings (SSSR count). The van der Waals surface area contributed by atoms with E-state index in [0.29, 0.717) is 25.3 Å². The predicted molar refractivity (Wildman–Crippen MR) is 74.1 cm³/mol. The van der Waals surface area contributed by atoms with Gasteiger partial charge in [-0.15, -0.1) is 0 Å². The summed E-state index contributed by atoms with van der Waals surface area (Å²) in [6.45, 7) is 1.23. The SMILES string of the molecule is O=c1[nH]c(C(F)(F)F)nc2c1CN(Cc1cc(Br)co1)CC2. The molecule has 118 valence electrons. The summed E-state index contributed by atoms with van der Waals surface area (Å²) in [5.41, 5.74) is -0.236. The molecule has 0 bridgehead atoms. The third-order valence-electron chi connectivity index (χ3n) is 3.42. The standard InChI is InChI=1S/C13H11BrF3N3O2/c14-7-3-8(22-6-7)4-20-2-1-10-9(5-20)11(21)19-12(18-10)13(15,16)17/h3,6H,1-2,4-5H2,(H,18,19,21). The number of fused-ring (bicyclic) bond motifs is 1. The van der Waals surface area contributed by atoms with E-state index >= 15 is 0 Å². The molecule has 22 heavy (non-hydrogen) atoms. The second-order valence-electron chi connectivity index (χ2n) is 5.03. The van der Waals surface area contributed by atoms with Crippen molar-refractivity contribution in [2.24, 2.45) is 0 Å². The van der Waals surface area contributed by atoms with Gasteiger partial charge in [-0.3, -0.25) is 9.69 Å². The van der Waals surface area contributed by atoms with Crippen molar-refractivity contribution in [1.82, 2.24) is 14.9 Å². The molecule has 0 atom stereocenters. The van der Waals surface area contributed by atoms with Crippen molar-refractivity contribution in [3.8, 4) is 0 Å². The number of rotatable bonds is 2. The monoisotopic (exact) mass is 377 g/mol. The molecule has 0 aromatic carbocycles. The third-order valence-corrected chi connectivity index (χ3v) is 3.83. The van der Waals surface area contributed by atoms with Crippen LogP contribution in [-0.2, 0) is 25.7 Å². The largest absolute Gasteiger partial charge is 0.467 e. The van der Waals surface area contributed by atoms with Gasteiger partial charge in [-0.2, -0.15) is 13.2 Å². The molecule has 0 unspecified atom stereocenters. The van der Waals surface area contributed by atoms with Gasteiger partial charge in [-0.25, -0.2) is 4.98 Å². The average molecular weight is 378 g/mol. The van der Waals surface area contributed by atoms with Gasteiger partial charge in [0.15, 0.2) is 0 Å². The first-order valence-corrected chi connectivity index (χ1v) is 7.27. The zero-order chi connectivity index (χ0) is 15.9. The highest BCUT2D eigenvalue weighted by Crippen LogP contribution is 2.27. The summed E-state index contributed by atoms with van der Waals surface area (Å²) < 4.78 is 44.1. The molecule has 5 nitrogen and oxygen atoms in total. The molecule has 3 heterocycles. The van der Waals surface area contributed by atoms with Gasteiger partial charge >= 0.3 is 6.18 Å². The summed E-state index contributed by atoms with van der Waals surface area (Å²) in [6, 6.07) is 1.81. The van der Waals surface area contributed by atoms with E-state index in [1.54, 1.807) is 6.26 Å². The normalized spacial score (nSPS) is 15.8. The molecule has 2 aromatic rings. The molecule has 1 aliphatic rings. The Hall–Kier alpha value is -1.61. The Bertz CT molecular complexity index is 754. The Kier molecular flexibility index (Phi) is 3.85. The number of hydrogen-bond acceptors (Lipinski definition) is 4. The van der Waals surface area contributed by atoms with Crippen molar-refractivity contribution in [3.63, 3.8) is 0 Å². The van der Waals surface area contributed by atoms with Crippen LogP contribution >= 0.6 is 15.9 Å². The Labute approximate surface area is 131 Å².